The van der Waals surface area contributed by atoms with E-state index in [0.717, 1.165) is 11.8 Å². The van der Waals surface area contributed by atoms with Crippen LogP contribution in [0.1, 0.15) is 5.56 Å². The molecule has 1 fully saturated rings. The maximum absolute atomic E-state index is 12.6. The van der Waals surface area contributed by atoms with Crippen molar-refractivity contribution in [2.24, 2.45) is 0 Å². The van der Waals surface area contributed by atoms with Crippen molar-refractivity contribution in [3.05, 3.63) is 52.0 Å². The molecule has 0 aliphatic carbocycles. The lowest BCUT2D eigenvalue weighted by Crippen LogP contribution is -2.20. The topological polar surface area (TPSA) is 71.3 Å². The van der Waals surface area contributed by atoms with Crippen LogP contribution in [0.25, 0.3) is 0 Å². The highest BCUT2D eigenvalue weighted by Crippen LogP contribution is 2.12. The maximum Gasteiger partial charge on any atom is 0.274 e. The van der Waals surface area contributed by atoms with Gasteiger partial charge >= 0.3 is 0 Å². The molecule has 17 heavy (non-hydrogen) atoms. The van der Waals surface area contributed by atoms with E-state index in [1.165, 1.54) is 12.3 Å². The third-order valence-electron chi connectivity index (χ3n) is 2.42. The van der Waals surface area contributed by atoms with Crippen molar-refractivity contribution in [2.45, 2.75) is 6.54 Å². The summed E-state index contributed by atoms with van der Waals surface area (Å²) in [7, 11) is 0. The fraction of sp³-hybridized carbons (Fsp3) is 0.300. The summed E-state index contributed by atoms with van der Waals surface area (Å²) in [5.41, 5.74) is 0.810. The number of rotatable bonds is 3. The van der Waals surface area contributed by atoms with Crippen molar-refractivity contribution in [3.63, 3.8) is 0 Å². The summed E-state index contributed by atoms with van der Waals surface area (Å²) in [6, 6.07) is 2.89. The lowest BCUT2D eigenvalue weighted by Gasteiger charge is -2.16. The number of hydrogen-bond acceptors (Lipinski definition) is 5. The van der Waals surface area contributed by atoms with Gasteiger partial charge in [-0.1, -0.05) is 6.07 Å². The molecule has 1 aliphatic rings. The van der Waals surface area contributed by atoms with Crippen LogP contribution in [0.15, 0.2) is 30.4 Å². The van der Waals surface area contributed by atoms with Crippen molar-refractivity contribution < 1.29 is 9.31 Å². The average molecular weight is 238 g/mol. The van der Waals surface area contributed by atoms with Gasteiger partial charge in [0.15, 0.2) is 5.82 Å². The molecule has 0 radical (unpaired) electrons. The minimum absolute atomic E-state index is 0.472. The van der Waals surface area contributed by atoms with Gasteiger partial charge in [-0.25, -0.2) is 4.98 Å². The SMILES string of the molecule is O=[N+]([O-])/C=C1\NCCN1Cc1ccc(F)nc1. The first-order chi connectivity index (χ1) is 8.15. The number of nitrogens with one attached hydrogen (secondary N) is 1. The molecule has 1 N–H and O–H groups in total. The Balaban J connectivity index is 2.07. The molecule has 0 spiro atoms. The van der Waals surface area contributed by atoms with Crippen LogP contribution in [0.5, 0.6) is 0 Å². The summed E-state index contributed by atoms with van der Waals surface area (Å²) in [6.45, 7) is 1.81. The third kappa shape index (κ3) is 2.90. The molecule has 7 heteroatoms. The highest BCUT2D eigenvalue weighted by Gasteiger charge is 2.19. The molecular weight excluding hydrogens is 227 g/mol. The Labute approximate surface area is 96.9 Å². The van der Waals surface area contributed by atoms with Crippen LogP contribution < -0.4 is 5.32 Å². The van der Waals surface area contributed by atoms with Crippen molar-refractivity contribution >= 4 is 0 Å². The lowest BCUT2D eigenvalue weighted by atomic mass is 10.2. The summed E-state index contributed by atoms with van der Waals surface area (Å²) in [5.74, 6) is -0.0614. The van der Waals surface area contributed by atoms with Gasteiger partial charge in [0.1, 0.15) is 0 Å². The number of pyridine rings is 1. The zero-order chi connectivity index (χ0) is 12.3. The molecule has 1 aromatic rings. The van der Waals surface area contributed by atoms with Gasteiger partial charge in [0.05, 0.1) is 4.92 Å². The van der Waals surface area contributed by atoms with Crippen LogP contribution in [0.2, 0.25) is 0 Å². The molecule has 6 nitrogen and oxygen atoms in total. The van der Waals surface area contributed by atoms with Crippen LogP contribution in [0.4, 0.5) is 4.39 Å². The molecule has 1 aliphatic heterocycles. The minimum atomic E-state index is -0.533. The van der Waals surface area contributed by atoms with E-state index in [0.29, 0.717) is 25.5 Å². The van der Waals surface area contributed by atoms with Crippen molar-refractivity contribution in [1.29, 1.82) is 0 Å². The van der Waals surface area contributed by atoms with E-state index >= 15 is 0 Å². The molecule has 90 valence electrons. The third-order valence-corrected chi connectivity index (χ3v) is 2.42. The number of halogens is 1. The fourth-order valence-electron chi connectivity index (χ4n) is 1.66. The summed E-state index contributed by atoms with van der Waals surface area (Å²) in [4.78, 5) is 15.3. The van der Waals surface area contributed by atoms with Gasteiger partial charge in [-0.2, -0.15) is 4.39 Å². The van der Waals surface area contributed by atoms with E-state index in [2.05, 4.69) is 10.3 Å². The van der Waals surface area contributed by atoms with E-state index < -0.39 is 10.9 Å². The predicted molar refractivity (Wildman–Crippen MR) is 57.7 cm³/mol. The second-order valence-corrected chi connectivity index (χ2v) is 3.64. The molecule has 1 saturated heterocycles. The predicted octanol–water partition coefficient (Wildman–Crippen LogP) is 0.701. The molecule has 1 aromatic heterocycles. The monoisotopic (exact) mass is 238 g/mol. The summed E-state index contributed by atoms with van der Waals surface area (Å²) in [5, 5.41) is 13.3. The van der Waals surface area contributed by atoms with Crippen LogP contribution >= 0.6 is 0 Å². The summed E-state index contributed by atoms with van der Waals surface area (Å²) < 4.78 is 12.6. The normalized spacial score (nSPS) is 17.2. The maximum atomic E-state index is 12.6. The number of nitro groups is 1. The molecule has 0 bridgehead atoms. The standard InChI is InChI=1S/C10H11FN4O2/c11-9-2-1-8(5-13-9)6-14-4-3-12-10(14)7-15(16)17/h1-2,5,7,12H,3-4,6H2/b10-7+. The highest BCUT2D eigenvalue weighted by atomic mass is 19.1. The Morgan fingerprint density at radius 2 is 2.47 bits per heavy atom. The van der Waals surface area contributed by atoms with E-state index in [-0.39, 0.29) is 0 Å². The quantitative estimate of drug-likeness (QED) is 0.477. The number of aromatic nitrogens is 1. The van der Waals surface area contributed by atoms with E-state index in [1.54, 1.807) is 6.07 Å². The number of hydrogen-bond donors (Lipinski definition) is 1. The van der Waals surface area contributed by atoms with E-state index in [4.69, 9.17) is 0 Å². The zero-order valence-electron chi connectivity index (χ0n) is 8.97. The summed E-state index contributed by atoms with van der Waals surface area (Å²) in [6.07, 6.45) is 2.36. The second-order valence-electron chi connectivity index (χ2n) is 3.64. The Kier molecular flexibility index (Phi) is 3.17. The molecule has 0 amide bonds. The second kappa shape index (κ2) is 4.77. The molecule has 0 aromatic carbocycles. The molecule has 0 unspecified atom stereocenters. The lowest BCUT2D eigenvalue weighted by molar-refractivity contribution is -0.404. The van der Waals surface area contributed by atoms with Crippen LogP contribution in [-0.4, -0.2) is 27.9 Å². The zero-order valence-corrected chi connectivity index (χ0v) is 8.97. The van der Waals surface area contributed by atoms with Crippen LogP contribution in [0, 0.1) is 16.1 Å². The highest BCUT2D eigenvalue weighted by molar-refractivity contribution is 5.12. The average Bonchev–Trinajstić information content (AvgIpc) is 2.68. The van der Waals surface area contributed by atoms with Crippen molar-refractivity contribution in [2.75, 3.05) is 13.1 Å². The fourth-order valence-corrected chi connectivity index (χ4v) is 1.66. The van der Waals surface area contributed by atoms with Gasteiger partial charge in [-0.05, 0) is 11.6 Å². The van der Waals surface area contributed by atoms with Crippen molar-refractivity contribution in [1.82, 2.24) is 15.2 Å². The van der Waals surface area contributed by atoms with Gasteiger partial charge < -0.3 is 10.2 Å². The van der Waals surface area contributed by atoms with Gasteiger partial charge in [-0.15, -0.1) is 0 Å². The van der Waals surface area contributed by atoms with Gasteiger partial charge in [0, 0.05) is 25.8 Å². The Morgan fingerprint density at radius 3 is 3.12 bits per heavy atom. The Hall–Kier alpha value is -2.18. The van der Waals surface area contributed by atoms with Crippen LogP contribution in [0.3, 0.4) is 0 Å². The van der Waals surface area contributed by atoms with Crippen LogP contribution in [-0.2, 0) is 6.54 Å². The Morgan fingerprint density at radius 1 is 1.65 bits per heavy atom. The molecule has 0 saturated carbocycles. The van der Waals surface area contributed by atoms with E-state index in [9.17, 15) is 14.5 Å². The largest absolute Gasteiger partial charge is 0.365 e. The molecular formula is C10H11FN4O2. The van der Waals surface area contributed by atoms with Gasteiger partial charge in [-0.3, -0.25) is 10.1 Å². The minimum Gasteiger partial charge on any atom is -0.365 e. The van der Waals surface area contributed by atoms with Gasteiger partial charge in [0.2, 0.25) is 5.95 Å². The first-order valence-electron chi connectivity index (χ1n) is 5.10. The first kappa shape index (κ1) is 11.3. The molecule has 2 rings (SSSR count). The number of nitrogens with zero attached hydrogens (tertiary/aromatic N) is 3. The van der Waals surface area contributed by atoms with Gasteiger partial charge in [0.25, 0.3) is 6.20 Å². The summed E-state index contributed by atoms with van der Waals surface area (Å²) >= 11 is 0. The molecule has 0 atom stereocenters. The van der Waals surface area contributed by atoms with E-state index in [1.807, 2.05) is 4.90 Å². The molecule has 2 heterocycles. The smallest absolute Gasteiger partial charge is 0.274 e. The van der Waals surface area contributed by atoms with Crippen molar-refractivity contribution in [3.8, 4) is 0 Å². The first-order valence-corrected chi connectivity index (χ1v) is 5.10. The Bertz CT molecular complexity index is 446.